The van der Waals surface area contributed by atoms with Gasteiger partial charge in [0, 0.05) is 20.1 Å². The summed E-state index contributed by atoms with van der Waals surface area (Å²) in [4.78, 5) is 2.68. The van der Waals surface area contributed by atoms with Gasteiger partial charge in [-0.15, -0.1) is 0 Å². The second-order valence-corrected chi connectivity index (χ2v) is 7.09. The largest absolute Gasteiger partial charge is 0.493 e. The van der Waals surface area contributed by atoms with Crippen molar-refractivity contribution in [2.45, 2.75) is 43.7 Å². The van der Waals surface area contributed by atoms with E-state index in [1.807, 2.05) is 7.11 Å². The van der Waals surface area contributed by atoms with E-state index >= 15 is 0 Å². The van der Waals surface area contributed by atoms with Gasteiger partial charge in [-0.1, -0.05) is 6.08 Å². The molecule has 0 unspecified atom stereocenters. The minimum atomic E-state index is -0.00961. The fourth-order valence-electron chi connectivity index (χ4n) is 4.98. The van der Waals surface area contributed by atoms with Crippen LogP contribution in [0.5, 0.6) is 11.5 Å². The van der Waals surface area contributed by atoms with Gasteiger partial charge >= 0.3 is 0 Å². The normalized spacial score (nSPS) is 29.1. The zero-order valence-electron chi connectivity index (χ0n) is 14.9. The van der Waals surface area contributed by atoms with Crippen LogP contribution in [-0.4, -0.2) is 45.4 Å². The van der Waals surface area contributed by atoms with Gasteiger partial charge < -0.3 is 14.2 Å². The van der Waals surface area contributed by atoms with Crippen molar-refractivity contribution < 1.29 is 14.2 Å². The standard InChI is InChI=1S/C20H27NO3/c1-22-16-7-6-15-8-10-21-9-4-5-14-11-18(23-2)19(24-3)12-17(14)20(15,21)13-16/h6,11-12,16H,4-5,7-10,13H2,1-3H3/t16-,20+/m0/s1. The van der Waals surface area contributed by atoms with E-state index in [0.29, 0.717) is 0 Å². The summed E-state index contributed by atoms with van der Waals surface area (Å²) < 4.78 is 17.0. The first kappa shape index (κ1) is 16.0. The van der Waals surface area contributed by atoms with Gasteiger partial charge in [0.05, 0.1) is 25.9 Å². The van der Waals surface area contributed by atoms with Crippen LogP contribution < -0.4 is 9.47 Å². The van der Waals surface area contributed by atoms with Gasteiger partial charge in [-0.25, -0.2) is 0 Å². The fourth-order valence-corrected chi connectivity index (χ4v) is 4.98. The molecule has 3 aliphatic rings. The third-order valence-electron chi connectivity index (χ3n) is 6.13. The van der Waals surface area contributed by atoms with Crippen molar-refractivity contribution in [3.63, 3.8) is 0 Å². The second-order valence-electron chi connectivity index (χ2n) is 7.09. The van der Waals surface area contributed by atoms with Crippen LogP contribution in [0.3, 0.4) is 0 Å². The van der Waals surface area contributed by atoms with Gasteiger partial charge in [-0.05, 0) is 61.1 Å². The number of hydrogen-bond donors (Lipinski definition) is 0. The molecule has 2 atom stereocenters. The Morgan fingerprint density at radius 2 is 1.83 bits per heavy atom. The number of benzene rings is 1. The van der Waals surface area contributed by atoms with E-state index in [-0.39, 0.29) is 11.6 Å². The van der Waals surface area contributed by atoms with Gasteiger partial charge in [0.1, 0.15) is 0 Å². The summed E-state index contributed by atoms with van der Waals surface area (Å²) in [5, 5.41) is 0. The Kier molecular flexibility index (Phi) is 4.05. The zero-order valence-corrected chi connectivity index (χ0v) is 14.9. The quantitative estimate of drug-likeness (QED) is 0.796. The van der Waals surface area contributed by atoms with Crippen LogP contribution in [0.15, 0.2) is 23.8 Å². The molecule has 0 N–H and O–H groups in total. The van der Waals surface area contributed by atoms with E-state index in [1.54, 1.807) is 19.8 Å². The number of aryl methyl sites for hydroxylation is 1. The van der Waals surface area contributed by atoms with Gasteiger partial charge in [-0.3, -0.25) is 4.90 Å². The molecule has 0 amide bonds. The molecule has 1 fully saturated rings. The number of hydrogen-bond acceptors (Lipinski definition) is 4. The minimum absolute atomic E-state index is 0.00961. The Balaban J connectivity index is 1.92. The molecule has 130 valence electrons. The molecule has 2 aliphatic heterocycles. The number of methoxy groups -OCH3 is 3. The maximum Gasteiger partial charge on any atom is 0.161 e. The highest BCUT2D eigenvalue weighted by atomic mass is 16.5. The maximum absolute atomic E-state index is 5.77. The summed E-state index contributed by atoms with van der Waals surface area (Å²) in [6, 6.07) is 4.42. The summed E-state index contributed by atoms with van der Waals surface area (Å²) in [5.74, 6) is 1.67. The van der Waals surface area contributed by atoms with Crippen LogP contribution in [0.1, 0.15) is 36.8 Å². The van der Waals surface area contributed by atoms with Crippen LogP contribution in [0.25, 0.3) is 0 Å². The molecule has 1 saturated heterocycles. The van der Waals surface area contributed by atoms with Crippen LogP contribution in [0.4, 0.5) is 0 Å². The predicted octanol–water partition coefficient (Wildman–Crippen LogP) is 3.29. The highest BCUT2D eigenvalue weighted by molar-refractivity contribution is 5.54. The predicted molar refractivity (Wildman–Crippen MR) is 93.8 cm³/mol. The molecular weight excluding hydrogens is 302 g/mol. The van der Waals surface area contributed by atoms with Gasteiger partial charge in [-0.2, -0.15) is 0 Å². The van der Waals surface area contributed by atoms with Crippen LogP contribution in [-0.2, 0) is 16.7 Å². The lowest BCUT2D eigenvalue weighted by Gasteiger charge is -2.44. The van der Waals surface area contributed by atoms with Crippen molar-refractivity contribution in [2.75, 3.05) is 34.4 Å². The Morgan fingerprint density at radius 3 is 2.58 bits per heavy atom. The summed E-state index contributed by atoms with van der Waals surface area (Å²) in [6.07, 6.45) is 8.25. The van der Waals surface area contributed by atoms with E-state index in [9.17, 15) is 0 Å². The molecular formula is C20H27NO3. The minimum Gasteiger partial charge on any atom is -0.493 e. The Morgan fingerprint density at radius 1 is 1.04 bits per heavy atom. The molecule has 2 heterocycles. The molecule has 24 heavy (non-hydrogen) atoms. The van der Waals surface area contributed by atoms with Crippen molar-refractivity contribution in [1.82, 2.24) is 4.90 Å². The number of nitrogens with zero attached hydrogens (tertiary/aromatic N) is 1. The molecule has 1 aromatic rings. The average molecular weight is 329 g/mol. The van der Waals surface area contributed by atoms with E-state index in [0.717, 1.165) is 43.9 Å². The molecule has 4 nitrogen and oxygen atoms in total. The third kappa shape index (κ3) is 2.20. The number of rotatable bonds is 3. The molecule has 0 radical (unpaired) electrons. The molecule has 1 spiro atoms. The highest BCUT2D eigenvalue weighted by Crippen LogP contribution is 2.53. The molecule has 0 saturated carbocycles. The highest BCUT2D eigenvalue weighted by Gasteiger charge is 2.51. The van der Waals surface area contributed by atoms with Crippen molar-refractivity contribution in [3.8, 4) is 11.5 Å². The van der Waals surface area contributed by atoms with Crippen molar-refractivity contribution >= 4 is 0 Å². The van der Waals surface area contributed by atoms with E-state index in [2.05, 4.69) is 23.1 Å². The summed E-state index contributed by atoms with van der Waals surface area (Å²) >= 11 is 0. The number of ether oxygens (including phenoxy) is 3. The molecule has 4 heteroatoms. The lowest BCUT2D eigenvalue weighted by atomic mass is 9.73. The number of fused-ring (bicyclic) bond motifs is 1. The smallest absolute Gasteiger partial charge is 0.161 e. The average Bonchev–Trinajstić information content (AvgIpc) is 2.92. The molecule has 0 bridgehead atoms. The van der Waals surface area contributed by atoms with Gasteiger partial charge in [0.15, 0.2) is 11.5 Å². The molecule has 4 rings (SSSR count). The monoisotopic (exact) mass is 329 g/mol. The summed E-state index contributed by atoms with van der Waals surface area (Å²) in [7, 11) is 5.28. The first-order valence-electron chi connectivity index (χ1n) is 8.95. The Labute approximate surface area is 144 Å². The third-order valence-corrected chi connectivity index (χ3v) is 6.13. The summed E-state index contributed by atoms with van der Waals surface area (Å²) in [5.41, 5.74) is 4.37. The summed E-state index contributed by atoms with van der Waals surface area (Å²) in [6.45, 7) is 2.29. The van der Waals surface area contributed by atoms with Gasteiger partial charge in [0.2, 0.25) is 0 Å². The Bertz CT molecular complexity index is 669. The fraction of sp³-hybridized carbons (Fsp3) is 0.600. The van der Waals surface area contributed by atoms with Crippen molar-refractivity contribution in [3.05, 3.63) is 34.9 Å². The maximum atomic E-state index is 5.77. The molecule has 1 aliphatic carbocycles. The molecule has 1 aromatic carbocycles. The van der Waals surface area contributed by atoms with E-state index in [4.69, 9.17) is 14.2 Å². The zero-order chi connectivity index (χ0) is 16.7. The lowest BCUT2D eigenvalue weighted by Crippen LogP contribution is -2.46. The van der Waals surface area contributed by atoms with Crippen LogP contribution in [0, 0.1) is 0 Å². The van der Waals surface area contributed by atoms with Crippen molar-refractivity contribution in [2.24, 2.45) is 0 Å². The lowest BCUT2D eigenvalue weighted by molar-refractivity contribution is 0.0346. The van der Waals surface area contributed by atoms with E-state index < -0.39 is 0 Å². The SMILES string of the molecule is COc1cc2c(cc1OC)[C@@]13C[C@@H](OC)CC=C1CCN3CCC2. The van der Waals surface area contributed by atoms with Crippen LogP contribution >= 0.6 is 0 Å². The van der Waals surface area contributed by atoms with Crippen LogP contribution in [0.2, 0.25) is 0 Å². The Hall–Kier alpha value is -1.52. The van der Waals surface area contributed by atoms with Gasteiger partial charge in [0.25, 0.3) is 0 Å². The van der Waals surface area contributed by atoms with Crippen molar-refractivity contribution in [1.29, 1.82) is 0 Å². The van der Waals surface area contributed by atoms with E-state index in [1.165, 1.54) is 24.0 Å². The first-order valence-corrected chi connectivity index (χ1v) is 8.95. The topological polar surface area (TPSA) is 30.9 Å². The molecule has 0 aromatic heterocycles. The second kappa shape index (κ2) is 6.08. The first-order chi connectivity index (χ1) is 11.7.